The first-order valence-corrected chi connectivity index (χ1v) is 9.05. The number of alkyl halides is 3. The molecule has 9 heteroatoms. The van der Waals surface area contributed by atoms with E-state index in [1.54, 1.807) is 24.3 Å². The Morgan fingerprint density at radius 1 is 1.03 bits per heavy atom. The Morgan fingerprint density at radius 3 is 2.17 bits per heavy atom. The third kappa shape index (κ3) is 5.60. The molecule has 0 aliphatic rings. The monoisotopic (exact) mass is 437 g/mol. The molecule has 0 fully saturated rings. The second-order valence-corrected chi connectivity index (χ2v) is 7.10. The first kappa shape index (κ1) is 23.0. The van der Waals surface area contributed by atoms with Crippen molar-refractivity contribution in [3.05, 3.63) is 70.6 Å². The van der Waals surface area contributed by atoms with Crippen molar-refractivity contribution >= 4 is 28.9 Å². The molecule has 0 spiro atoms. The molecule has 158 valence electrons. The zero-order valence-electron chi connectivity index (χ0n) is 14.9. The Bertz CT molecular complexity index is 1040. The van der Waals surface area contributed by atoms with Crippen LogP contribution in [0, 0.1) is 6.92 Å². The summed E-state index contributed by atoms with van der Waals surface area (Å²) in [5, 5.41) is 12.0. The highest BCUT2D eigenvalue weighted by atomic mass is 32.1. The highest BCUT2D eigenvalue weighted by Crippen LogP contribution is 2.36. The van der Waals surface area contributed by atoms with E-state index in [9.17, 15) is 27.9 Å². The second-order valence-electron chi connectivity index (χ2n) is 6.05. The lowest BCUT2D eigenvalue weighted by Crippen LogP contribution is -2.16. The minimum atomic E-state index is -4.80. The molecule has 2 N–H and O–H groups in total. The standard InChI is InChI=1S/C20H14F3NO4S.CH4/c1-11-2-4-13(5-3-11)18(25)24-15-10-16(29-17(15)19(26)27)12-6-8-14(9-7-12)28-20(21,22)23;/h2-10H,1H3,(H,24,25)(H,26,27);1H4. The van der Waals surface area contributed by atoms with Gasteiger partial charge in [-0.3, -0.25) is 4.79 Å². The molecule has 0 unspecified atom stereocenters. The highest BCUT2D eigenvalue weighted by molar-refractivity contribution is 7.18. The van der Waals surface area contributed by atoms with Crippen LogP contribution in [0.3, 0.4) is 0 Å². The van der Waals surface area contributed by atoms with Gasteiger partial charge in [0, 0.05) is 10.4 Å². The predicted molar refractivity (Wildman–Crippen MR) is 109 cm³/mol. The van der Waals surface area contributed by atoms with Crippen molar-refractivity contribution in [2.45, 2.75) is 20.7 Å². The van der Waals surface area contributed by atoms with Crippen LogP contribution >= 0.6 is 11.3 Å². The summed E-state index contributed by atoms with van der Waals surface area (Å²) in [5.41, 5.74) is 1.94. The first-order valence-electron chi connectivity index (χ1n) is 8.24. The zero-order chi connectivity index (χ0) is 21.2. The number of rotatable bonds is 5. The average Bonchev–Trinajstić information content (AvgIpc) is 3.05. The normalized spacial score (nSPS) is 10.8. The molecule has 3 rings (SSSR count). The quantitative estimate of drug-likeness (QED) is 0.498. The lowest BCUT2D eigenvalue weighted by atomic mass is 10.1. The van der Waals surface area contributed by atoms with Crippen LogP contribution in [-0.2, 0) is 0 Å². The van der Waals surface area contributed by atoms with Crippen molar-refractivity contribution < 1.29 is 32.6 Å². The lowest BCUT2D eigenvalue weighted by Gasteiger charge is -2.08. The van der Waals surface area contributed by atoms with Crippen molar-refractivity contribution in [1.29, 1.82) is 0 Å². The number of benzene rings is 2. The molecular weight excluding hydrogens is 419 g/mol. The number of carboxylic acid groups (broad SMARTS) is 1. The Kier molecular flexibility index (Phi) is 6.88. The first-order chi connectivity index (χ1) is 13.6. The zero-order valence-corrected chi connectivity index (χ0v) is 15.7. The van der Waals surface area contributed by atoms with E-state index in [1.165, 1.54) is 18.2 Å². The fourth-order valence-electron chi connectivity index (χ4n) is 2.51. The molecule has 1 amide bonds. The van der Waals surface area contributed by atoms with Gasteiger partial charge in [0.15, 0.2) is 0 Å². The summed E-state index contributed by atoms with van der Waals surface area (Å²) in [6, 6.07) is 13.3. The minimum absolute atomic E-state index is 0. The second kappa shape index (κ2) is 9.00. The van der Waals surface area contributed by atoms with Gasteiger partial charge in [0.25, 0.3) is 5.91 Å². The fraction of sp³-hybridized carbons (Fsp3) is 0.143. The smallest absolute Gasteiger partial charge is 0.477 e. The van der Waals surface area contributed by atoms with E-state index in [0.717, 1.165) is 29.0 Å². The van der Waals surface area contributed by atoms with Crippen molar-refractivity contribution in [2.24, 2.45) is 0 Å². The molecule has 1 aromatic heterocycles. The number of carboxylic acids is 1. The van der Waals surface area contributed by atoms with Crippen LogP contribution in [0.5, 0.6) is 5.75 Å². The van der Waals surface area contributed by atoms with Gasteiger partial charge in [0.1, 0.15) is 10.6 Å². The van der Waals surface area contributed by atoms with E-state index in [4.69, 9.17) is 0 Å². The summed E-state index contributed by atoms with van der Waals surface area (Å²) in [6.07, 6.45) is -4.80. The number of hydrogen-bond donors (Lipinski definition) is 2. The van der Waals surface area contributed by atoms with Crippen LogP contribution in [0.4, 0.5) is 18.9 Å². The Morgan fingerprint density at radius 2 is 1.63 bits per heavy atom. The third-order valence-electron chi connectivity index (χ3n) is 3.86. The molecule has 0 aliphatic carbocycles. The number of ether oxygens (including phenoxy) is 1. The molecule has 0 bridgehead atoms. The van der Waals surface area contributed by atoms with Crippen molar-refractivity contribution in [1.82, 2.24) is 0 Å². The van der Waals surface area contributed by atoms with Crippen LogP contribution in [0.15, 0.2) is 54.6 Å². The summed E-state index contributed by atoms with van der Waals surface area (Å²) in [6.45, 7) is 1.88. The largest absolute Gasteiger partial charge is 0.573 e. The van der Waals surface area contributed by atoms with Gasteiger partial charge in [0.2, 0.25) is 0 Å². The molecule has 0 saturated carbocycles. The van der Waals surface area contributed by atoms with Gasteiger partial charge in [0.05, 0.1) is 5.69 Å². The predicted octanol–water partition coefficient (Wildman–Crippen LogP) is 6.21. The van der Waals surface area contributed by atoms with Gasteiger partial charge in [-0.2, -0.15) is 0 Å². The van der Waals surface area contributed by atoms with Crippen LogP contribution in [0.25, 0.3) is 10.4 Å². The molecule has 5 nitrogen and oxygen atoms in total. The highest BCUT2D eigenvalue weighted by Gasteiger charge is 2.31. The fourth-order valence-corrected chi connectivity index (χ4v) is 3.46. The molecule has 2 aromatic carbocycles. The van der Waals surface area contributed by atoms with Crippen LogP contribution < -0.4 is 10.1 Å². The van der Waals surface area contributed by atoms with Gasteiger partial charge < -0.3 is 15.2 Å². The lowest BCUT2D eigenvalue weighted by molar-refractivity contribution is -0.274. The van der Waals surface area contributed by atoms with E-state index in [1.807, 2.05) is 6.92 Å². The van der Waals surface area contributed by atoms with E-state index in [-0.39, 0.29) is 23.7 Å². The summed E-state index contributed by atoms with van der Waals surface area (Å²) >= 11 is 0.902. The van der Waals surface area contributed by atoms with Gasteiger partial charge in [-0.15, -0.1) is 24.5 Å². The van der Waals surface area contributed by atoms with E-state index >= 15 is 0 Å². The molecule has 0 radical (unpaired) electrons. The molecule has 1 heterocycles. The minimum Gasteiger partial charge on any atom is -0.477 e. The SMILES string of the molecule is C.Cc1ccc(C(=O)Nc2cc(-c3ccc(OC(F)(F)F)cc3)sc2C(=O)O)cc1. The van der Waals surface area contributed by atoms with Crippen LogP contribution in [0.1, 0.15) is 33.0 Å². The number of hydrogen-bond acceptors (Lipinski definition) is 4. The number of carbonyl (C=O) groups is 2. The number of amides is 1. The van der Waals surface area contributed by atoms with E-state index in [0.29, 0.717) is 16.0 Å². The number of carbonyl (C=O) groups excluding carboxylic acids is 1. The summed E-state index contributed by atoms with van der Waals surface area (Å²) < 4.78 is 40.6. The van der Waals surface area contributed by atoms with Gasteiger partial charge in [-0.05, 0) is 55.0 Å². The third-order valence-corrected chi connectivity index (χ3v) is 5.03. The van der Waals surface area contributed by atoms with E-state index < -0.39 is 18.2 Å². The molecule has 0 aliphatic heterocycles. The number of aromatic carboxylic acids is 1. The van der Waals surface area contributed by atoms with Gasteiger partial charge in [-0.1, -0.05) is 25.1 Å². The Labute approximate surface area is 174 Å². The number of anilines is 1. The average molecular weight is 437 g/mol. The maximum absolute atomic E-state index is 12.4. The maximum atomic E-state index is 12.4. The summed E-state index contributed by atoms with van der Waals surface area (Å²) in [5.74, 6) is -2.08. The van der Waals surface area contributed by atoms with Crippen LogP contribution in [0.2, 0.25) is 0 Å². The molecule has 3 aromatic rings. The van der Waals surface area contributed by atoms with Crippen molar-refractivity contribution in [2.75, 3.05) is 5.32 Å². The van der Waals surface area contributed by atoms with Crippen LogP contribution in [-0.4, -0.2) is 23.3 Å². The number of thiophene rings is 1. The Balaban J connectivity index is 0.00000320. The number of halogens is 3. The van der Waals surface area contributed by atoms with Gasteiger partial charge >= 0.3 is 12.3 Å². The van der Waals surface area contributed by atoms with Crippen molar-refractivity contribution in [3.8, 4) is 16.2 Å². The number of aryl methyl sites for hydroxylation is 1. The summed E-state index contributed by atoms with van der Waals surface area (Å²) in [4.78, 5) is 24.3. The molecule has 0 saturated heterocycles. The van der Waals surface area contributed by atoms with E-state index in [2.05, 4.69) is 10.1 Å². The molecule has 30 heavy (non-hydrogen) atoms. The molecular formula is C21H18F3NO4S. The topological polar surface area (TPSA) is 75.6 Å². The molecule has 0 atom stereocenters. The Hall–Kier alpha value is -3.33. The number of nitrogens with one attached hydrogen (secondary N) is 1. The summed E-state index contributed by atoms with van der Waals surface area (Å²) in [7, 11) is 0. The maximum Gasteiger partial charge on any atom is 0.573 e. The van der Waals surface area contributed by atoms with Crippen molar-refractivity contribution in [3.63, 3.8) is 0 Å². The van der Waals surface area contributed by atoms with Gasteiger partial charge in [-0.25, -0.2) is 4.79 Å².